The van der Waals surface area contributed by atoms with Gasteiger partial charge in [0.05, 0.1) is 0 Å². The van der Waals surface area contributed by atoms with Gasteiger partial charge in [0.15, 0.2) is 0 Å². The zero-order valence-corrected chi connectivity index (χ0v) is 10.1. The number of aliphatic carboxylic acids is 1. The number of benzene rings is 1. The Morgan fingerprint density at radius 3 is 2.17 bits per heavy atom. The summed E-state index contributed by atoms with van der Waals surface area (Å²) in [5, 5.41) is 13.0. The molecule has 0 aromatic heterocycles. The second-order valence-electron chi connectivity index (χ2n) is 3.85. The Labute approximate surface area is 104 Å². The summed E-state index contributed by atoms with van der Waals surface area (Å²) in [6.07, 6.45) is 0. The highest BCUT2D eigenvalue weighted by molar-refractivity contribution is 6.39. The molecule has 1 aromatic carbocycles. The molecule has 1 aromatic rings. The largest absolute Gasteiger partial charge is 0.480 e. The summed E-state index contributed by atoms with van der Waals surface area (Å²) < 4.78 is 0. The van der Waals surface area contributed by atoms with Gasteiger partial charge in [-0.25, -0.2) is 0 Å². The maximum atomic E-state index is 11.4. The molecule has 0 aliphatic heterocycles. The lowest BCUT2D eigenvalue weighted by atomic mass is 10.2. The highest BCUT2D eigenvalue weighted by Crippen LogP contribution is 2.08. The highest BCUT2D eigenvalue weighted by atomic mass is 16.4. The van der Waals surface area contributed by atoms with Crippen LogP contribution in [0.2, 0.25) is 0 Å². The van der Waals surface area contributed by atoms with Crippen LogP contribution in [0.3, 0.4) is 0 Å². The van der Waals surface area contributed by atoms with Crippen LogP contribution in [0, 0.1) is 6.92 Å². The van der Waals surface area contributed by atoms with E-state index in [4.69, 9.17) is 5.11 Å². The van der Waals surface area contributed by atoms with Gasteiger partial charge in [0.2, 0.25) is 0 Å². The third-order valence-corrected chi connectivity index (χ3v) is 2.23. The fourth-order valence-corrected chi connectivity index (χ4v) is 1.15. The van der Waals surface area contributed by atoms with Crippen molar-refractivity contribution in [1.82, 2.24) is 5.32 Å². The van der Waals surface area contributed by atoms with Crippen molar-refractivity contribution in [1.29, 1.82) is 0 Å². The maximum absolute atomic E-state index is 11.4. The maximum Gasteiger partial charge on any atom is 0.325 e. The molecular weight excluding hydrogens is 236 g/mol. The summed E-state index contributed by atoms with van der Waals surface area (Å²) >= 11 is 0. The molecule has 96 valence electrons. The standard InChI is InChI=1S/C12H14N2O4/c1-7-3-5-9(6-4-7)14-11(16)10(15)13-8(2)12(17)18/h3-6,8H,1-2H3,(H,13,15)(H,14,16)(H,17,18)/t8-/m1/s1. The number of nitrogens with one attached hydrogen (secondary N) is 2. The third kappa shape index (κ3) is 3.89. The Morgan fingerprint density at radius 2 is 1.67 bits per heavy atom. The smallest absolute Gasteiger partial charge is 0.325 e. The number of carbonyl (C=O) groups is 3. The minimum atomic E-state index is -1.20. The molecule has 0 bridgehead atoms. The van der Waals surface area contributed by atoms with Crippen LogP contribution in [0.1, 0.15) is 12.5 Å². The number of aryl methyl sites for hydroxylation is 1. The average molecular weight is 250 g/mol. The van der Waals surface area contributed by atoms with E-state index in [0.717, 1.165) is 5.56 Å². The van der Waals surface area contributed by atoms with E-state index in [9.17, 15) is 14.4 Å². The second kappa shape index (κ2) is 5.81. The van der Waals surface area contributed by atoms with Crippen LogP contribution in [-0.2, 0) is 14.4 Å². The first-order chi connectivity index (χ1) is 8.40. The van der Waals surface area contributed by atoms with Crippen molar-refractivity contribution in [3.05, 3.63) is 29.8 Å². The number of carboxylic acid groups (broad SMARTS) is 1. The van der Waals surface area contributed by atoms with Gasteiger partial charge in [0.25, 0.3) is 0 Å². The fraction of sp³-hybridized carbons (Fsp3) is 0.250. The normalized spacial score (nSPS) is 11.4. The van der Waals surface area contributed by atoms with Crippen LogP contribution in [0.15, 0.2) is 24.3 Å². The predicted octanol–water partition coefficient (Wildman–Crippen LogP) is 0.523. The topological polar surface area (TPSA) is 95.5 Å². The molecule has 18 heavy (non-hydrogen) atoms. The highest BCUT2D eigenvalue weighted by Gasteiger charge is 2.19. The number of carbonyl (C=O) groups excluding carboxylic acids is 2. The van der Waals surface area contributed by atoms with Gasteiger partial charge in [-0.15, -0.1) is 0 Å². The number of anilines is 1. The quantitative estimate of drug-likeness (QED) is 0.681. The van der Waals surface area contributed by atoms with Crippen molar-refractivity contribution in [2.75, 3.05) is 5.32 Å². The molecule has 0 radical (unpaired) electrons. The van der Waals surface area contributed by atoms with Gasteiger partial charge in [-0.2, -0.15) is 0 Å². The van der Waals surface area contributed by atoms with Gasteiger partial charge in [-0.05, 0) is 26.0 Å². The molecule has 0 aliphatic rings. The molecule has 1 rings (SSSR count). The lowest BCUT2D eigenvalue weighted by Crippen LogP contribution is -2.44. The van der Waals surface area contributed by atoms with Crippen LogP contribution >= 0.6 is 0 Å². The monoisotopic (exact) mass is 250 g/mol. The van der Waals surface area contributed by atoms with Gasteiger partial charge < -0.3 is 15.7 Å². The summed E-state index contributed by atoms with van der Waals surface area (Å²) in [6.45, 7) is 3.17. The number of rotatable bonds is 3. The van der Waals surface area contributed by atoms with Crippen LogP contribution in [0.4, 0.5) is 5.69 Å². The Morgan fingerprint density at radius 1 is 1.11 bits per heavy atom. The molecule has 2 amide bonds. The first kappa shape index (κ1) is 13.7. The first-order valence-electron chi connectivity index (χ1n) is 5.31. The van der Waals surface area contributed by atoms with Gasteiger partial charge in [-0.3, -0.25) is 14.4 Å². The van der Waals surface area contributed by atoms with Crippen LogP contribution < -0.4 is 10.6 Å². The van der Waals surface area contributed by atoms with E-state index >= 15 is 0 Å². The van der Waals surface area contributed by atoms with Crippen molar-refractivity contribution >= 4 is 23.5 Å². The molecule has 0 aliphatic carbocycles. The number of carboxylic acids is 1. The van der Waals surface area contributed by atoms with Gasteiger partial charge in [-0.1, -0.05) is 17.7 Å². The van der Waals surface area contributed by atoms with Crippen molar-refractivity contribution in [3.8, 4) is 0 Å². The Hall–Kier alpha value is -2.37. The first-order valence-corrected chi connectivity index (χ1v) is 5.31. The summed E-state index contributed by atoms with van der Waals surface area (Å²) in [4.78, 5) is 33.3. The minimum Gasteiger partial charge on any atom is -0.480 e. The molecular formula is C12H14N2O4. The van der Waals surface area contributed by atoms with Gasteiger partial charge in [0, 0.05) is 5.69 Å². The molecule has 0 unspecified atom stereocenters. The van der Waals surface area contributed by atoms with Gasteiger partial charge in [0.1, 0.15) is 6.04 Å². The number of amides is 2. The minimum absolute atomic E-state index is 0.476. The van der Waals surface area contributed by atoms with Gasteiger partial charge >= 0.3 is 17.8 Å². The lowest BCUT2D eigenvalue weighted by Gasteiger charge is -2.09. The Bertz CT molecular complexity index is 467. The summed E-state index contributed by atoms with van der Waals surface area (Å²) in [6, 6.07) is 5.77. The Kier molecular flexibility index (Phi) is 4.42. The van der Waals surface area contributed by atoms with Crippen molar-refractivity contribution in [2.45, 2.75) is 19.9 Å². The molecule has 0 fully saturated rings. The number of hydrogen-bond donors (Lipinski definition) is 3. The molecule has 0 saturated carbocycles. The molecule has 0 saturated heterocycles. The molecule has 6 heteroatoms. The van der Waals surface area contributed by atoms with E-state index in [1.54, 1.807) is 24.3 Å². The van der Waals surface area contributed by atoms with E-state index in [-0.39, 0.29) is 0 Å². The van der Waals surface area contributed by atoms with E-state index in [2.05, 4.69) is 10.6 Å². The SMILES string of the molecule is Cc1ccc(NC(=O)C(=O)N[C@H](C)C(=O)O)cc1. The van der Waals surface area contributed by atoms with E-state index in [0.29, 0.717) is 5.69 Å². The zero-order chi connectivity index (χ0) is 13.7. The summed E-state index contributed by atoms with van der Waals surface area (Å²) in [5.74, 6) is -3.08. The van der Waals surface area contributed by atoms with Crippen LogP contribution in [-0.4, -0.2) is 28.9 Å². The lowest BCUT2D eigenvalue weighted by molar-refractivity contribution is -0.143. The summed E-state index contributed by atoms with van der Waals surface area (Å²) in [5.41, 5.74) is 1.50. The second-order valence-corrected chi connectivity index (χ2v) is 3.85. The van der Waals surface area contributed by atoms with Crippen LogP contribution in [0.25, 0.3) is 0 Å². The van der Waals surface area contributed by atoms with E-state index in [1.165, 1.54) is 6.92 Å². The van der Waals surface area contributed by atoms with E-state index < -0.39 is 23.8 Å². The predicted molar refractivity (Wildman–Crippen MR) is 65.0 cm³/mol. The zero-order valence-electron chi connectivity index (χ0n) is 10.1. The summed E-state index contributed by atoms with van der Waals surface area (Å²) in [7, 11) is 0. The van der Waals surface area contributed by atoms with Crippen molar-refractivity contribution < 1.29 is 19.5 Å². The average Bonchev–Trinajstić information content (AvgIpc) is 2.31. The van der Waals surface area contributed by atoms with E-state index in [1.807, 2.05) is 6.92 Å². The van der Waals surface area contributed by atoms with Crippen molar-refractivity contribution in [3.63, 3.8) is 0 Å². The molecule has 0 spiro atoms. The van der Waals surface area contributed by atoms with Crippen molar-refractivity contribution in [2.24, 2.45) is 0 Å². The molecule has 1 atom stereocenters. The molecule has 0 heterocycles. The molecule has 6 nitrogen and oxygen atoms in total. The van der Waals surface area contributed by atoms with Crippen LogP contribution in [0.5, 0.6) is 0 Å². The molecule has 3 N–H and O–H groups in total. The Balaban J connectivity index is 2.57. The number of hydrogen-bond acceptors (Lipinski definition) is 3. The third-order valence-electron chi connectivity index (χ3n) is 2.23. The fourth-order valence-electron chi connectivity index (χ4n) is 1.15.